The van der Waals surface area contributed by atoms with Crippen molar-refractivity contribution in [2.45, 2.75) is 25.9 Å². The maximum atomic E-state index is 5.09. The molecule has 1 heterocycles. The molecule has 0 bridgehead atoms. The molecule has 1 aromatic rings. The van der Waals surface area contributed by atoms with E-state index < -0.39 is 0 Å². The Kier molecular flexibility index (Phi) is 5.08. The number of aliphatic imine (C=N–C) groups is 1. The van der Waals surface area contributed by atoms with Gasteiger partial charge in [0.2, 0.25) is 0 Å². The monoisotopic (exact) mass is 264 g/mol. The van der Waals surface area contributed by atoms with Gasteiger partial charge in [0, 0.05) is 25.5 Å². The van der Waals surface area contributed by atoms with Gasteiger partial charge in [0.25, 0.3) is 0 Å². The first kappa shape index (κ1) is 13.4. The van der Waals surface area contributed by atoms with E-state index in [1.54, 1.807) is 18.9 Å². The van der Waals surface area contributed by atoms with Crippen molar-refractivity contribution in [2.75, 3.05) is 19.5 Å². The van der Waals surface area contributed by atoms with Gasteiger partial charge in [-0.1, -0.05) is 41.6 Å². The van der Waals surface area contributed by atoms with E-state index in [9.17, 15) is 0 Å². The van der Waals surface area contributed by atoms with Crippen LogP contribution in [-0.4, -0.2) is 30.7 Å². The van der Waals surface area contributed by atoms with Crippen LogP contribution in [0.25, 0.3) is 0 Å². The largest absolute Gasteiger partial charge is 0.385 e. The number of ether oxygens (including phenoxy) is 1. The minimum atomic E-state index is 0.506. The average molecular weight is 264 g/mol. The Hall–Kier alpha value is -1.00. The molecule has 4 heteroatoms. The van der Waals surface area contributed by atoms with Crippen molar-refractivity contribution in [3.63, 3.8) is 0 Å². The summed E-state index contributed by atoms with van der Waals surface area (Å²) in [5, 5.41) is 4.51. The Morgan fingerprint density at radius 2 is 2.17 bits per heavy atom. The number of methoxy groups -OCH3 is 1. The smallest absolute Gasteiger partial charge is 0.157 e. The molecule has 98 valence electrons. The Morgan fingerprint density at radius 1 is 1.39 bits per heavy atom. The van der Waals surface area contributed by atoms with Crippen molar-refractivity contribution in [1.82, 2.24) is 5.32 Å². The number of nitrogens with zero attached hydrogens (tertiary/aromatic N) is 1. The summed E-state index contributed by atoms with van der Waals surface area (Å²) in [6.07, 6.45) is 1.05. The summed E-state index contributed by atoms with van der Waals surface area (Å²) < 4.78 is 5.09. The van der Waals surface area contributed by atoms with Gasteiger partial charge in [0.1, 0.15) is 0 Å². The fourth-order valence-electron chi connectivity index (χ4n) is 1.80. The van der Waals surface area contributed by atoms with Gasteiger partial charge in [-0.2, -0.15) is 0 Å². The predicted molar refractivity (Wildman–Crippen MR) is 78.2 cm³/mol. The van der Waals surface area contributed by atoms with Crippen LogP contribution >= 0.6 is 11.8 Å². The highest BCUT2D eigenvalue weighted by Crippen LogP contribution is 2.17. The molecule has 0 aliphatic carbocycles. The molecular formula is C14H20N2OS. The summed E-state index contributed by atoms with van der Waals surface area (Å²) in [6.45, 7) is 3.67. The predicted octanol–water partition coefficient (Wildman–Crippen LogP) is 2.59. The van der Waals surface area contributed by atoms with Crippen LogP contribution in [0.15, 0.2) is 29.3 Å². The number of benzene rings is 1. The van der Waals surface area contributed by atoms with Crippen molar-refractivity contribution in [1.29, 1.82) is 0 Å². The first-order chi connectivity index (χ1) is 8.78. The fourth-order valence-corrected chi connectivity index (χ4v) is 2.82. The molecule has 1 saturated heterocycles. The van der Waals surface area contributed by atoms with Gasteiger partial charge in [0.15, 0.2) is 5.17 Å². The molecule has 1 atom stereocenters. The molecule has 0 amide bonds. The molecule has 0 spiro atoms. The minimum absolute atomic E-state index is 0.506. The lowest BCUT2D eigenvalue weighted by Crippen LogP contribution is -2.28. The second-order valence-electron chi connectivity index (χ2n) is 4.54. The average Bonchev–Trinajstić information content (AvgIpc) is 2.84. The SMILES string of the molecule is COCCC1CSC(=NCc2ccc(C)cc2)N1. The first-order valence-corrected chi connectivity index (χ1v) is 7.25. The van der Waals surface area contributed by atoms with E-state index in [-0.39, 0.29) is 0 Å². The van der Waals surface area contributed by atoms with E-state index in [0.717, 1.165) is 30.5 Å². The number of amidine groups is 1. The van der Waals surface area contributed by atoms with Crippen molar-refractivity contribution < 1.29 is 4.74 Å². The summed E-state index contributed by atoms with van der Waals surface area (Å²) in [4.78, 5) is 4.61. The van der Waals surface area contributed by atoms with Crippen LogP contribution in [0.3, 0.4) is 0 Å². The molecule has 3 nitrogen and oxygen atoms in total. The second kappa shape index (κ2) is 6.81. The summed E-state index contributed by atoms with van der Waals surface area (Å²) in [5.74, 6) is 1.09. The molecule has 0 aromatic heterocycles. The van der Waals surface area contributed by atoms with E-state index in [1.807, 2.05) is 0 Å². The van der Waals surface area contributed by atoms with E-state index in [0.29, 0.717) is 6.04 Å². The third-order valence-electron chi connectivity index (χ3n) is 2.95. The number of thioether (sulfide) groups is 1. The molecule has 1 aliphatic heterocycles. The Balaban J connectivity index is 1.82. The highest BCUT2D eigenvalue weighted by Gasteiger charge is 2.19. The molecule has 2 rings (SSSR count). The zero-order valence-corrected chi connectivity index (χ0v) is 11.8. The zero-order chi connectivity index (χ0) is 12.8. The molecule has 1 unspecified atom stereocenters. The number of nitrogens with one attached hydrogen (secondary N) is 1. The normalized spacial score (nSPS) is 21.2. The summed E-state index contributed by atoms with van der Waals surface area (Å²) >= 11 is 1.81. The van der Waals surface area contributed by atoms with Crippen LogP contribution in [-0.2, 0) is 11.3 Å². The lowest BCUT2D eigenvalue weighted by Gasteiger charge is -2.08. The van der Waals surface area contributed by atoms with Gasteiger partial charge >= 0.3 is 0 Å². The van der Waals surface area contributed by atoms with E-state index >= 15 is 0 Å². The van der Waals surface area contributed by atoms with Crippen molar-refractivity contribution in [3.8, 4) is 0 Å². The third kappa shape index (κ3) is 4.03. The maximum Gasteiger partial charge on any atom is 0.157 e. The number of rotatable bonds is 5. The standard InChI is InChI=1S/C14H20N2OS/c1-11-3-5-12(6-4-11)9-15-14-16-13(10-18-14)7-8-17-2/h3-6,13H,7-10H2,1-2H3,(H,15,16). The van der Waals surface area contributed by atoms with Gasteiger partial charge in [-0.3, -0.25) is 4.99 Å². The van der Waals surface area contributed by atoms with Crippen LogP contribution in [0.1, 0.15) is 17.5 Å². The maximum absolute atomic E-state index is 5.09. The van der Waals surface area contributed by atoms with Crippen molar-refractivity contribution >= 4 is 16.9 Å². The van der Waals surface area contributed by atoms with Crippen LogP contribution in [0.4, 0.5) is 0 Å². The third-order valence-corrected chi connectivity index (χ3v) is 4.03. The molecule has 1 aromatic carbocycles. The van der Waals surface area contributed by atoms with Crippen molar-refractivity contribution in [3.05, 3.63) is 35.4 Å². The van der Waals surface area contributed by atoms with Crippen molar-refractivity contribution in [2.24, 2.45) is 4.99 Å². The molecule has 0 saturated carbocycles. The van der Waals surface area contributed by atoms with Crippen LogP contribution in [0, 0.1) is 6.92 Å². The zero-order valence-electron chi connectivity index (χ0n) is 11.0. The number of hydrogen-bond acceptors (Lipinski definition) is 3. The van der Waals surface area contributed by atoms with Crippen LogP contribution < -0.4 is 5.32 Å². The lowest BCUT2D eigenvalue weighted by atomic mass is 10.1. The topological polar surface area (TPSA) is 33.6 Å². The van der Waals surface area contributed by atoms with Gasteiger partial charge in [-0.05, 0) is 18.9 Å². The van der Waals surface area contributed by atoms with Crippen LogP contribution in [0.5, 0.6) is 0 Å². The molecule has 1 aliphatic rings. The molecule has 1 N–H and O–H groups in total. The Morgan fingerprint density at radius 3 is 2.89 bits per heavy atom. The van der Waals surface area contributed by atoms with E-state index in [2.05, 4.69) is 41.5 Å². The summed E-state index contributed by atoms with van der Waals surface area (Å²) in [6, 6.07) is 9.05. The quantitative estimate of drug-likeness (QED) is 0.887. The molecule has 0 radical (unpaired) electrons. The summed E-state index contributed by atoms with van der Waals surface area (Å²) in [5.41, 5.74) is 2.55. The number of aryl methyl sites for hydroxylation is 1. The van der Waals surface area contributed by atoms with E-state index in [1.165, 1.54) is 11.1 Å². The minimum Gasteiger partial charge on any atom is -0.385 e. The van der Waals surface area contributed by atoms with Gasteiger partial charge in [-0.15, -0.1) is 0 Å². The fraction of sp³-hybridized carbons (Fsp3) is 0.500. The highest BCUT2D eigenvalue weighted by atomic mass is 32.2. The lowest BCUT2D eigenvalue weighted by molar-refractivity contribution is 0.188. The van der Waals surface area contributed by atoms with Gasteiger partial charge in [0.05, 0.1) is 6.54 Å². The number of hydrogen-bond donors (Lipinski definition) is 1. The van der Waals surface area contributed by atoms with Gasteiger partial charge in [-0.25, -0.2) is 0 Å². The Bertz CT molecular complexity index is 403. The molecule has 18 heavy (non-hydrogen) atoms. The van der Waals surface area contributed by atoms with Gasteiger partial charge < -0.3 is 10.1 Å². The summed E-state index contributed by atoms with van der Waals surface area (Å²) in [7, 11) is 1.74. The Labute approximate surface area is 113 Å². The van der Waals surface area contributed by atoms with Crippen LogP contribution in [0.2, 0.25) is 0 Å². The molecular weight excluding hydrogens is 244 g/mol. The molecule has 1 fully saturated rings. The van der Waals surface area contributed by atoms with E-state index in [4.69, 9.17) is 4.74 Å². The first-order valence-electron chi connectivity index (χ1n) is 6.26. The second-order valence-corrected chi connectivity index (χ2v) is 5.55. The highest BCUT2D eigenvalue weighted by molar-refractivity contribution is 8.14.